The molecule has 1 aromatic carbocycles. The van der Waals surface area contributed by atoms with Gasteiger partial charge in [-0.25, -0.2) is 0 Å². The van der Waals surface area contributed by atoms with Crippen LogP contribution in [0, 0.1) is 0 Å². The first-order chi connectivity index (χ1) is 8.74. The number of nitrogens with one attached hydrogen (secondary N) is 2. The maximum atomic E-state index is 3.56. The minimum atomic E-state index is 0.639. The Bertz CT molecular complexity index is 339. The average Bonchev–Trinajstić information content (AvgIpc) is 2.38. The summed E-state index contributed by atoms with van der Waals surface area (Å²) in [7, 11) is 4.20. The van der Waals surface area contributed by atoms with Gasteiger partial charge in [-0.2, -0.15) is 0 Å². The van der Waals surface area contributed by atoms with Crippen molar-refractivity contribution in [3.63, 3.8) is 0 Å². The van der Waals surface area contributed by atoms with Crippen molar-refractivity contribution in [1.29, 1.82) is 0 Å². The Balaban J connectivity index is 1.78. The maximum absolute atomic E-state index is 3.56. The molecule has 1 fully saturated rings. The van der Waals surface area contributed by atoms with E-state index in [2.05, 4.69) is 53.9 Å². The first-order valence-corrected chi connectivity index (χ1v) is 6.95. The second-order valence-corrected chi connectivity index (χ2v) is 5.46. The topological polar surface area (TPSA) is 27.3 Å². The predicted octanol–water partition coefficient (Wildman–Crippen LogP) is 2.30. The van der Waals surface area contributed by atoms with Crippen LogP contribution < -0.4 is 10.6 Å². The van der Waals surface area contributed by atoms with Gasteiger partial charge >= 0.3 is 0 Å². The van der Waals surface area contributed by atoms with E-state index in [1.807, 2.05) is 0 Å². The summed E-state index contributed by atoms with van der Waals surface area (Å²) in [5.74, 6) is 0. The van der Waals surface area contributed by atoms with E-state index in [0.29, 0.717) is 6.04 Å². The molecule has 1 aliphatic heterocycles. The van der Waals surface area contributed by atoms with Gasteiger partial charge < -0.3 is 15.5 Å². The molecular weight excluding hydrogens is 222 g/mol. The largest absolute Gasteiger partial charge is 0.383 e. The second-order valence-electron chi connectivity index (χ2n) is 5.46. The molecule has 1 heterocycles. The first-order valence-electron chi connectivity index (χ1n) is 6.95. The molecular formula is C15H25N3. The van der Waals surface area contributed by atoms with E-state index in [1.54, 1.807) is 0 Å². The minimum absolute atomic E-state index is 0.639. The van der Waals surface area contributed by atoms with Crippen LogP contribution in [-0.2, 0) is 6.54 Å². The van der Waals surface area contributed by atoms with Crippen LogP contribution in [0.5, 0.6) is 0 Å². The van der Waals surface area contributed by atoms with Crippen LogP contribution >= 0.6 is 0 Å². The highest BCUT2D eigenvalue weighted by Crippen LogP contribution is 2.12. The van der Waals surface area contributed by atoms with Crippen molar-refractivity contribution in [2.24, 2.45) is 0 Å². The van der Waals surface area contributed by atoms with E-state index in [1.165, 1.54) is 37.1 Å². The van der Waals surface area contributed by atoms with Gasteiger partial charge in [-0.3, -0.25) is 0 Å². The van der Waals surface area contributed by atoms with Gasteiger partial charge in [-0.15, -0.1) is 0 Å². The van der Waals surface area contributed by atoms with Gasteiger partial charge in [0.2, 0.25) is 0 Å². The lowest BCUT2D eigenvalue weighted by molar-refractivity contribution is 0.402. The fourth-order valence-corrected chi connectivity index (χ4v) is 2.43. The lowest BCUT2D eigenvalue weighted by Crippen LogP contribution is -2.39. The molecule has 1 aromatic rings. The summed E-state index contributed by atoms with van der Waals surface area (Å²) in [5.41, 5.74) is 2.59. The molecule has 0 radical (unpaired) electrons. The zero-order chi connectivity index (χ0) is 12.8. The van der Waals surface area contributed by atoms with Gasteiger partial charge in [0, 0.05) is 24.8 Å². The highest BCUT2D eigenvalue weighted by atomic mass is 15.0. The molecule has 100 valence electrons. The van der Waals surface area contributed by atoms with Gasteiger partial charge in [0.05, 0.1) is 0 Å². The molecule has 3 heteroatoms. The third-order valence-electron chi connectivity index (χ3n) is 3.42. The van der Waals surface area contributed by atoms with Crippen LogP contribution in [0.3, 0.4) is 0 Å². The lowest BCUT2D eigenvalue weighted by atomic mass is 10.1. The summed E-state index contributed by atoms with van der Waals surface area (Å²) in [5, 5.41) is 7.08. The van der Waals surface area contributed by atoms with E-state index >= 15 is 0 Å². The molecule has 2 N–H and O–H groups in total. The number of benzene rings is 1. The SMILES string of the molecule is CN(C)Cc1ccc(NCC2CCCCN2)cc1. The molecule has 0 aliphatic carbocycles. The molecule has 0 saturated carbocycles. The Hall–Kier alpha value is -1.06. The van der Waals surface area contributed by atoms with Gasteiger partial charge in [0.15, 0.2) is 0 Å². The quantitative estimate of drug-likeness (QED) is 0.836. The standard InChI is InChI=1S/C15H25N3/c1-18(2)12-13-6-8-14(9-7-13)17-11-15-5-3-4-10-16-15/h6-9,15-17H,3-5,10-12H2,1-2H3. The van der Waals surface area contributed by atoms with Crippen LogP contribution in [0.2, 0.25) is 0 Å². The second kappa shape index (κ2) is 6.76. The Kier molecular flexibility index (Phi) is 5.02. The molecule has 1 aliphatic rings. The third-order valence-corrected chi connectivity index (χ3v) is 3.42. The molecule has 0 aromatic heterocycles. The highest BCUT2D eigenvalue weighted by Gasteiger charge is 2.11. The molecule has 18 heavy (non-hydrogen) atoms. The van der Waals surface area contributed by atoms with Crippen molar-refractivity contribution in [1.82, 2.24) is 10.2 Å². The van der Waals surface area contributed by atoms with Gasteiger partial charge in [-0.1, -0.05) is 18.6 Å². The van der Waals surface area contributed by atoms with Crippen LogP contribution in [0.25, 0.3) is 0 Å². The smallest absolute Gasteiger partial charge is 0.0340 e. The monoisotopic (exact) mass is 247 g/mol. The summed E-state index contributed by atoms with van der Waals surface area (Å²) in [6, 6.07) is 9.41. The van der Waals surface area contributed by atoms with E-state index in [-0.39, 0.29) is 0 Å². The van der Waals surface area contributed by atoms with E-state index < -0.39 is 0 Å². The third kappa shape index (κ3) is 4.31. The summed E-state index contributed by atoms with van der Waals surface area (Å²) >= 11 is 0. The van der Waals surface area contributed by atoms with E-state index in [4.69, 9.17) is 0 Å². The summed E-state index contributed by atoms with van der Waals surface area (Å²) < 4.78 is 0. The number of anilines is 1. The number of piperidine rings is 1. The van der Waals surface area contributed by atoms with Crippen molar-refractivity contribution in [2.75, 3.05) is 32.5 Å². The van der Waals surface area contributed by atoms with Crippen molar-refractivity contribution < 1.29 is 0 Å². The zero-order valence-corrected chi connectivity index (χ0v) is 11.6. The van der Waals surface area contributed by atoms with Crippen molar-refractivity contribution in [2.45, 2.75) is 31.8 Å². The summed E-state index contributed by atoms with van der Waals surface area (Å²) in [4.78, 5) is 2.19. The first kappa shape index (κ1) is 13.4. The summed E-state index contributed by atoms with van der Waals surface area (Å²) in [6.45, 7) is 3.21. The van der Waals surface area contributed by atoms with E-state index in [9.17, 15) is 0 Å². The average molecular weight is 247 g/mol. The molecule has 0 amide bonds. The maximum Gasteiger partial charge on any atom is 0.0340 e. The molecule has 1 saturated heterocycles. The van der Waals surface area contributed by atoms with E-state index in [0.717, 1.165) is 13.1 Å². The van der Waals surface area contributed by atoms with Crippen molar-refractivity contribution in [3.05, 3.63) is 29.8 Å². The lowest BCUT2D eigenvalue weighted by Gasteiger charge is -2.24. The molecule has 1 unspecified atom stereocenters. The van der Waals surface area contributed by atoms with Gasteiger partial charge in [0.25, 0.3) is 0 Å². The number of nitrogens with zero attached hydrogens (tertiary/aromatic N) is 1. The Morgan fingerprint density at radius 1 is 1.22 bits per heavy atom. The number of hydrogen-bond donors (Lipinski definition) is 2. The molecule has 2 rings (SSSR count). The number of hydrogen-bond acceptors (Lipinski definition) is 3. The molecule has 3 nitrogen and oxygen atoms in total. The predicted molar refractivity (Wildman–Crippen MR) is 78.0 cm³/mol. The molecule has 1 atom stereocenters. The van der Waals surface area contributed by atoms with Crippen LogP contribution in [0.4, 0.5) is 5.69 Å². The van der Waals surface area contributed by atoms with Crippen LogP contribution in [0.1, 0.15) is 24.8 Å². The number of rotatable bonds is 5. The van der Waals surface area contributed by atoms with Gasteiger partial charge in [-0.05, 0) is 51.2 Å². The Labute approximate surface area is 111 Å². The van der Waals surface area contributed by atoms with Crippen molar-refractivity contribution in [3.8, 4) is 0 Å². The van der Waals surface area contributed by atoms with Crippen LogP contribution in [-0.4, -0.2) is 38.1 Å². The Morgan fingerprint density at radius 3 is 2.61 bits per heavy atom. The van der Waals surface area contributed by atoms with Crippen molar-refractivity contribution >= 4 is 5.69 Å². The molecule has 0 bridgehead atoms. The molecule has 0 spiro atoms. The highest BCUT2D eigenvalue weighted by molar-refractivity contribution is 5.44. The summed E-state index contributed by atoms with van der Waals surface area (Å²) in [6.07, 6.45) is 3.99. The Morgan fingerprint density at radius 2 is 2.00 bits per heavy atom. The van der Waals surface area contributed by atoms with Gasteiger partial charge in [0.1, 0.15) is 0 Å². The minimum Gasteiger partial charge on any atom is -0.383 e. The normalized spacial score (nSPS) is 20.1. The zero-order valence-electron chi connectivity index (χ0n) is 11.6. The fraction of sp³-hybridized carbons (Fsp3) is 0.600. The fourth-order valence-electron chi connectivity index (χ4n) is 2.43. The van der Waals surface area contributed by atoms with Crippen LogP contribution in [0.15, 0.2) is 24.3 Å².